The van der Waals surface area contributed by atoms with Gasteiger partial charge in [-0.3, -0.25) is 4.79 Å². The highest BCUT2D eigenvalue weighted by atomic mass is 16.4. The first-order valence-corrected chi connectivity index (χ1v) is 5.62. The number of nitrogens with one attached hydrogen (secondary N) is 1. The number of aliphatic carboxylic acids is 1. The van der Waals surface area contributed by atoms with Crippen molar-refractivity contribution in [2.75, 3.05) is 5.32 Å². The molecule has 1 aromatic carbocycles. The van der Waals surface area contributed by atoms with Gasteiger partial charge in [0.25, 0.3) is 0 Å². The maximum atomic E-state index is 11.5. The van der Waals surface area contributed by atoms with Crippen LogP contribution in [0.25, 0.3) is 0 Å². The zero-order valence-corrected chi connectivity index (χ0v) is 10.1. The van der Waals surface area contributed by atoms with E-state index in [1.165, 1.54) is 0 Å². The number of benzene rings is 1. The predicted octanol–water partition coefficient (Wildman–Crippen LogP) is 1.03. The second-order valence-corrected chi connectivity index (χ2v) is 3.88. The van der Waals surface area contributed by atoms with Gasteiger partial charge in [-0.1, -0.05) is 25.1 Å². The van der Waals surface area contributed by atoms with Gasteiger partial charge in [-0.05, 0) is 30.9 Å². The smallest absolute Gasteiger partial charge is 0.224 e. The van der Waals surface area contributed by atoms with Gasteiger partial charge in [0.1, 0.15) is 0 Å². The molecular weight excluding hydrogens is 218 g/mol. The third-order valence-corrected chi connectivity index (χ3v) is 2.56. The van der Waals surface area contributed by atoms with E-state index in [9.17, 15) is 14.7 Å². The number of carbonyl (C=O) groups is 2. The number of hydrogen-bond acceptors (Lipinski definition) is 3. The Bertz CT molecular complexity index is 427. The third-order valence-electron chi connectivity index (χ3n) is 2.56. The first-order chi connectivity index (χ1) is 8.04. The average Bonchev–Trinajstić information content (AvgIpc) is 2.29. The van der Waals surface area contributed by atoms with Gasteiger partial charge < -0.3 is 15.2 Å². The molecule has 0 spiro atoms. The largest absolute Gasteiger partial charge is 0.550 e. The van der Waals surface area contributed by atoms with Crippen molar-refractivity contribution in [3.63, 3.8) is 0 Å². The van der Waals surface area contributed by atoms with Crippen LogP contribution < -0.4 is 10.4 Å². The molecule has 0 fully saturated rings. The number of carboxylic acid groups (broad SMARTS) is 1. The molecule has 1 aromatic rings. The molecule has 0 saturated carbocycles. The zero-order valence-electron chi connectivity index (χ0n) is 10.1. The zero-order chi connectivity index (χ0) is 12.8. The van der Waals surface area contributed by atoms with Crippen LogP contribution in [0.5, 0.6) is 0 Å². The van der Waals surface area contributed by atoms with Crippen molar-refractivity contribution >= 4 is 17.6 Å². The summed E-state index contributed by atoms with van der Waals surface area (Å²) in [6, 6.07) is 5.79. The van der Waals surface area contributed by atoms with Crippen LogP contribution in [-0.2, 0) is 16.0 Å². The molecule has 0 aliphatic rings. The summed E-state index contributed by atoms with van der Waals surface area (Å²) < 4.78 is 0. The van der Waals surface area contributed by atoms with Gasteiger partial charge in [-0.2, -0.15) is 0 Å². The minimum absolute atomic E-state index is 0.0557. The van der Waals surface area contributed by atoms with Crippen molar-refractivity contribution in [2.45, 2.75) is 33.1 Å². The lowest BCUT2D eigenvalue weighted by molar-refractivity contribution is -0.305. The molecule has 4 nitrogen and oxygen atoms in total. The number of aryl methyl sites for hydroxylation is 2. The van der Waals surface area contributed by atoms with Crippen LogP contribution in [0.15, 0.2) is 18.2 Å². The standard InChI is InChI=1S/C13H17NO3/c1-3-10-6-4-5-9(2)13(10)14-11(15)7-8-12(16)17/h4-6H,3,7-8H2,1-2H3,(H,14,15)(H,16,17)/p-1. The number of amides is 1. The summed E-state index contributed by atoms with van der Waals surface area (Å²) in [5.74, 6) is -1.50. The lowest BCUT2D eigenvalue weighted by atomic mass is 10.1. The Hall–Kier alpha value is -1.84. The monoisotopic (exact) mass is 234 g/mol. The fraction of sp³-hybridized carbons (Fsp3) is 0.385. The molecule has 1 amide bonds. The summed E-state index contributed by atoms with van der Waals surface area (Å²) in [5.41, 5.74) is 2.82. The molecule has 0 aliphatic heterocycles. The molecule has 0 bridgehead atoms. The van der Waals surface area contributed by atoms with E-state index in [0.29, 0.717) is 0 Å². The molecule has 0 radical (unpaired) electrons. The lowest BCUT2D eigenvalue weighted by Crippen LogP contribution is -2.24. The first kappa shape index (κ1) is 13.2. The number of carbonyl (C=O) groups excluding carboxylic acids is 2. The number of hydrogen-bond donors (Lipinski definition) is 1. The topological polar surface area (TPSA) is 69.2 Å². The van der Waals surface area contributed by atoms with Crippen molar-refractivity contribution < 1.29 is 14.7 Å². The molecule has 0 saturated heterocycles. The number of para-hydroxylation sites is 1. The Labute approximate surface area is 101 Å². The van der Waals surface area contributed by atoms with Crippen molar-refractivity contribution in [3.8, 4) is 0 Å². The molecule has 0 unspecified atom stereocenters. The highest BCUT2D eigenvalue weighted by Gasteiger charge is 2.08. The van der Waals surface area contributed by atoms with E-state index in [-0.39, 0.29) is 18.7 Å². The van der Waals surface area contributed by atoms with Gasteiger partial charge >= 0.3 is 0 Å². The van der Waals surface area contributed by atoms with Gasteiger partial charge in [-0.25, -0.2) is 0 Å². The van der Waals surface area contributed by atoms with Crippen LogP contribution >= 0.6 is 0 Å². The van der Waals surface area contributed by atoms with Crippen LogP contribution in [0.2, 0.25) is 0 Å². The van der Waals surface area contributed by atoms with Crippen LogP contribution in [0.4, 0.5) is 5.69 Å². The number of anilines is 1. The molecule has 92 valence electrons. The third kappa shape index (κ3) is 3.90. The van der Waals surface area contributed by atoms with Crippen LogP contribution in [0.3, 0.4) is 0 Å². The average molecular weight is 234 g/mol. The Balaban J connectivity index is 2.73. The van der Waals surface area contributed by atoms with E-state index < -0.39 is 5.97 Å². The van der Waals surface area contributed by atoms with E-state index in [0.717, 1.165) is 23.2 Å². The van der Waals surface area contributed by atoms with E-state index >= 15 is 0 Å². The molecule has 0 heterocycles. The molecule has 1 rings (SSSR count). The van der Waals surface area contributed by atoms with E-state index in [4.69, 9.17) is 0 Å². The fourth-order valence-electron chi connectivity index (χ4n) is 1.62. The molecule has 0 atom stereocenters. The second-order valence-electron chi connectivity index (χ2n) is 3.88. The van der Waals surface area contributed by atoms with Gasteiger partial charge in [0.05, 0.1) is 0 Å². The summed E-state index contributed by atoms with van der Waals surface area (Å²) in [6.07, 6.45) is 0.511. The van der Waals surface area contributed by atoms with Crippen molar-refractivity contribution in [3.05, 3.63) is 29.3 Å². The Morgan fingerprint density at radius 1 is 1.29 bits per heavy atom. The van der Waals surface area contributed by atoms with E-state index in [1.54, 1.807) is 0 Å². The Kier molecular flexibility index (Phi) is 4.69. The minimum Gasteiger partial charge on any atom is -0.550 e. The van der Waals surface area contributed by atoms with E-state index in [2.05, 4.69) is 5.32 Å². The van der Waals surface area contributed by atoms with Crippen molar-refractivity contribution in [1.82, 2.24) is 0 Å². The summed E-state index contributed by atoms with van der Waals surface area (Å²) >= 11 is 0. The Morgan fingerprint density at radius 3 is 2.59 bits per heavy atom. The molecule has 4 heteroatoms. The van der Waals surface area contributed by atoms with Crippen LogP contribution in [-0.4, -0.2) is 11.9 Å². The summed E-state index contributed by atoms with van der Waals surface area (Å²) in [6.45, 7) is 3.92. The predicted molar refractivity (Wildman–Crippen MR) is 63.4 cm³/mol. The van der Waals surface area contributed by atoms with Gasteiger partial charge in [-0.15, -0.1) is 0 Å². The van der Waals surface area contributed by atoms with Crippen LogP contribution in [0.1, 0.15) is 30.9 Å². The Morgan fingerprint density at radius 2 is 2.00 bits per heavy atom. The quantitative estimate of drug-likeness (QED) is 0.827. The molecule has 0 aromatic heterocycles. The van der Waals surface area contributed by atoms with Gasteiger partial charge in [0, 0.05) is 18.1 Å². The fourth-order valence-corrected chi connectivity index (χ4v) is 1.62. The molecule has 0 aliphatic carbocycles. The maximum absolute atomic E-state index is 11.5. The highest BCUT2D eigenvalue weighted by Crippen LogP contribution is 2.21. The summed E-state index contributed by atoms with van der Waals surface area (Å²) in [5, 5.41) is 13.0. The number of rotatable bonds is 5. The summed E-state index contributed by atoms with van der Waals surface area (Å²) in [4.78, 5) is 21.8. The SMILES string of the molecule is CCc1cccc(C)c1NC(=O)CCC(=O)[O-]. The molecular formula is C13H16NO3-. The van der Waals surface area contributed by atoms with Gasteiger partial charge in [0.2, 0.25) is 5.91 Å². The van der Waals surface area contributed by atoms with Crippen molar-refractivity contribution in [1.29, 1.82) is 0 Å². The maximum Gasteiger partial charge on any atom is 0.224 e. The number of carboxylic acids is 1. The van der Waals surface area contributed by atoms with E-state index in [1.807, 2.05) is 32.0 Å². The van der Waals surface area contributed by atoms with Crippen molar-refractivity contribution in [2.24, 2.45) is 0 Å². The highest BCUT2D eigenvalue weighted by molar-refractivity contribution is 5.93. The van der Waals surface area contributed by atoms with Crippen LogP contribution in [0, 0.1) is 6.92 Å². The summed E-state index contributed by atoms with van der Waals surface area (Å²) in [7, 11) is 0. The normalized spacial score (nSPS) is 10.0. The lowest BCUT2D eigenvalue weighted by Gasteiger charge is -2.13. The first-order valence-electron chi connectivity index (χ1n) is 5.62. The minimum atomic E-state index is -1.21. The molecule has 1 N–H and O–H groups in total. The second kappa shape index (κ2) is 6.03. The molecule has 17 heavy (non-hydrogen) atoms. The van der Waals surface area contributed by atoms with Gasteiger partial charge in [0.15, 0.2) is 0 Å².